The Hall–Kier alpha value is -1.57. The van der Waals surface area contributed by atoms with Crippen LogP contribution in [-0.4, -0.2) is 26.8 Å². The van der Waals surface area contributed by atoms with Gasteiger partial charge < -0.3 is 9.67 Å². The van der Waals surface area contributed by atoms with Crippen LogP contribution in [0.5, 0.6) is 0 Å². The number of nitrogens with zero attached hydrogens (tertiary/aromatic N) is 2. The summed E-state index contributed by atoms with van der Waals surface area (Å²) in [6.07, 6.45) is 2.83. The molecule has 3 rings (SSSR count). The molecule has 1 saturated carbocycles. The Kier molecular flexibility index (Phi) is 7.08. The maximum atomic E-state index is 10.6. The first kappa shape index (κ1) is 20.7. The Labute approximate surface area is 158 Å². The zero-order chi connectivity index (χ0) is 19.3. The molecule has 1 aliphatic carbocycles. The molecule has 0 spiro atoms. The molecule has 144 valence electrons. The number of carbonyl (C=O) groups is 1. The molecular formula is C18H22BrF3N2O2. The smallest absolute Gasteiger partial charge is 0.475 e. The maximum Gasteiger partial charge on any atom is 0.490 e. The standard InChI is InChI=1S/C16H21BrN2.C2HF3O2/c1-2-9-19-15-8-7-13(17)11-14(15)18-16(19)10-12-5-3-4-6-12;3-2(4,5)1(6)7/h7-8,11-12H,2-6,9-10H2,1H3;(H,6,7). The van der Waals surface area contributed by atoms with Gasteiger partial charge in [0.25, 0.3) is 0 Å². The number of alkyl halides is 3. The number of aliphatic carboxylic acids is 1. The molecule has 2 aromatic rings. The highest BCUT2D eigenvalue weighted by Gasteiger charge is 2.38. The van der Waals surface area contributed by atoms with E-state index in [1.807, 2.05) is 0 Å². The topological polar surface area (TPSA) is 55.1 Å². The molecule has 1 N–H and O–H groups in total. The lowest BCUT2D eigenvalue weighted by atomic mass is 10.0. The lowest BCUT2D eigenvalue weighted by molar-refractivity contribution is -0.192. The Morgan fingerprint density at radius 2 is 1.96 bits per heavy atom. The molecule has 0 saturated heterocycles. The molecule has 0 aliphatic heterocycles. The number of benzene rings is 1. The minimum atomic E-state index is -5.08. The van der Waals surface area contributed by atoms with Gasteiger partial charge in [0.1, 0.15) is 5.82 Å². The van der Waals surface area contributed by atoms with Crippen molar-refractivity contribution in [3.8, 4) is 0 Å². The van der Waals surface area contributed by atoms with Gasteiger partial charge in [0.15, 0.2) is 0 Å². The molecule has 26 heavy (non-hydrogen) atoms. The molecule has 1 aromatic heterocycles. The van der Waals surface area contributed by atoms with Gasteiger partial charge in [0.2, 0.25) is 0 Å². The normalized spacial score (nSPS) is 15.1. The molecule has 0 bridgehead atoms. The first-order valence-electron chi connectivity index (χ1n) is 8.67. The highest BCUT2D eigenvalue weighted by atomic mass is 79.9. The monoisotopic (exact) mass is 434 g/mol. The SMILES string of the molecule is CCCn1c(CC2CCCC2)nc2cc(Br)ccc21.O=C(O)C(F)(F)F. The molecule has 8 heteroatoms. The number of rotatable bonds is 4. The predicted molar refractivity (Wildman–Crippen MR) is 97.1 cm³/mol. The molecule has 0 amide bonds. The zero-order valence-corrected chi connectivity index (χ0v) is 16.1. The van der Waals surface area contributed by atoms with Crippen LogP contribution in [0.1, 0.15) is 44.9 Å². The van der Waals surface area contributed by atoms with Gasteiger partial charge in [0.05, 0.1) is 11.0 Å². The Morgan fingerprint density at radius 1 is 1.35 bits per heavy atom. The summed E-state index contributed by atoms with van der Waals surface area (Å²) in [4.78, 5) is 13.8. The van der Waals surface area contributed by atoms with Crippen LogP contribution in [0.4, 0.5) is 13.2 Å². The number of carboxylic acid groups (broad SMARTS) is 1. The van der Waals surface area contributed by atoms with Gasteiger partial charge in [-0.1, -0.05) is 48.5 Å². The second-order valence-electron chi connectivity index (χ2n) is 6.47. The third-order valence-corrected chi connectivity index (χ3v) is 4.92. The summed E-state index contributed by atoms with van der Waals surface area (Å²) < 4.78 is 35.3. The van der Waals surface area contributed by atoms with Gasteiger partial charge in [-0.25, -0.2) is 9.78 Å². The minimum Gasteiger partial charge on any atom is -0.475 e. The largest absolute Gasteiger partial charge is 0.490 e. The maximum absolute atomic E-state index is 10.6. The second-order valence-corrected chi connectivity index (χ2v) is 7.39. The van der Waals surface area contributed by atoms with Crippen LogP contribution in [0.25, 0.3) is 11.0 Å². The van der Waals surface area contributed by atoms with Crippen molar-refractivity contribution in [2.75, 3.05) is 0 Å². The summed E-state index contributed by atoms with van der Waals surface area (Å²) in [5.74, 6) is -0.606. The fourth-order valence-corrected chi connectivity index (χ4v) is 3.60. The molecule has 1 aliphatic rings. The minimum absolute atomic E-state index is 0.857. The van der Waals surface area contributed by atoms with Crippen LogP contribution in [0, 0.1) is 5.92 Å². The number of hydrogen-bond acceptors (Lipinski definition) is 2. The summed E-state index contributed by atoms with van der Waals surface area (Å²) in [6, 6.07) is 6.45. The molecule has 1 heterocycles. The lowest BCUT2D eigenvalue weighted by Gasteiger charge is -2.11. The number of fused-ring (bicyclic) bond motifs is 1. The molecule has 4 nitrogen and oxygen atoms in total. The summed E-state index contributed by atoms with van der Waals surface area (Å²) >= 11 is 3.54. The third kappa shape index (κ3) is 5.46. The van der Waals surface area contributed by atoms with Crippen LogP contribution in [0.3, 0.4) is 0 Å². The average molecular weight is 435 g/mol. The number of aromatic nitrogens is 2. The highest BCUT2D eigenvalue weighted by Crippen LogP contribution is 2.29. The van der Waals surface area contributed by atoms with E-state index in [4.69, 9.17) is 14.9 Å². The van der Waals surface area contributed by atoms with Gasteiger partial charge in [0, 0.05) is 17.4 Å². The Balaban J connectivity index is 0.000000298. The second kappa shape index (κ2) is 8.88. The van der Waals surface area contributed by atoms with Crippen molar-refractivity contribution in [3.63, 3.8) is 0 Å². The average Bonchev–Trinajstić information content (AvgIpc) is 3.16. The van der Waals surface area contributed by atoms with Crippen LogP contribution < -0.4 is 0 Å². The number of carboxylic acids is 1. The van der Waals surface area contributed by atoms with E-state index in [1.54, 1.807) is 0 Å². The van der Waals surface area contributed by atoms with Crippen LogP contribution in [0.15, 0.2) is 22.7 Å². The van der Waals surface area contributed by atoms with E-state index >= 15 is 0 Å². The van der Waals surface area contributed by atoms with E-state index < -0.39 is 12.1 Å². The van der Waals surface area contributed by atoms with E-state index in [-0.39, 0.29) is 0 Å². The molecule has 1 aromatic carbocycles. The molecule has 0 radical (unpaired) electrons. The van der Waals surface area contributed by atoms with Crippen molar-refractivity contribution in [2.45, 2.75) is 58.2 Å². The summed E-state index contributed by atoms with van der Waals surface area (Å²) in [5.41, 5.74) is 2.42. The van der Waals surface area contributed by atoms with Crippen molar-refractivity contribution in [1.29, 1.82) is 0 Å². The summed E-state index contributed by atoms with van der Waals surface area (Å²) in [7, 11) is 0. The van der Waals surface area contributed by atoms with Gasteiger partial charge in [-0.05, 0) is 30.5 Å². The summed E-state index contributed by atoms with van der Waals surface area (Å²) in [5, 5.41) is 7.12. The van der Waals surface area contributed by atoms with Crippen LogP contribution in [-0.2, 0) is 17.8 Å². The fourth-order valence-electron chi connectivity index (χ4n) is 3.25. The van der Waals surface area contributed by atoms with Crippen molar-refractivity contribution < 1.29 is 23.1 Å². The predicted octanol–water partition coefficient (Wildman–Crippen LogP) is 5.57. The molecular weight excluding hydrogens is 413 g/mol. The number of hydrogen-bond donors (Lipinski definition) is 1. The highest BCUT2D eigenvalue weighted by molar-refractivity contribution is 9.10. The third-order valence-electron chi connectivity index (χ3n) is 4.43. The number of halogens is 4. The molecule has 0 unspecified atom stereocenters. The van der Waals surface area contributed by atoms with Crippen molar-refractivity contribution >= 4 is 32.9 Å². The summed E-state index contributed by atoms with van der Waals surface area (Å²) in [6.45, 7) is 3.32. The number of aryl methyl sites for hydroxylation is 1. The van der Waals surface area contributed by atoms with Gasteiger partial charge in [-0.3, -0.25) is 0 Å². The Bertz CT molecular complexity index is 753. The fraction of sp³-hybridized carbons (Fsp3) is 0.556. The van der Waals surface area contributed by atoms with Crippen LogP contribution >= 0.6 is 15.9 Å². The number of imidazole rings is 1. The van der Waals surface area contributed by atoms with Crippen molar-refractivity contribution in [3.05, 3.63) is 28.5 Å². The van der Waals surface area contributed by atoms with Gasteiger partial charge in [-0.15, -0.1) is 0 Å². The van der Waals surface area contributed by atoms with E-state index in [2.05, 4.69) is 45.6 Å². The van der Waals surface area contributed by atoms with E-state index in [1.165, 1.54) is 43.4 Å². The lowest BCUT2D eigenvalue weighted by Crippen LogP contribution is -2.21. The zero-order valence-electron chi connectivity index (χ0n) is 14.5. The van der Waals surface area contributed by atoms with Gasteiger partial charge >= 0.3 is 12.1 Å². The molecule has 0 atom stereocenters. The van der Waals surface area contributed by atoms with E-state index in [9.17, 15) is 13.2 Å². The van der Waals surface area contributed by atoms with Crippen LogP contribution in [0.2, 0.25) is 0 Å². The Morgan fingerprint density at radius 3 is 2.50 bits per heavy atom. The van der Waals surface area contributed by atoms with Gasteiger partial charge in [-0.2, -0.15) is 13.2 Å². The van der Waals surface area contributed by atoms with E-state index in [0.29, 0.717) is 0 Å². The van der Waals surface area contributed by atoms with Crippen molar-refractivity contribution in [1.82, 2.24) is 9.55 Å². The van der Waals surface area contributed by atoms with Crippen molar-refractivity contribution in [2.24, 2.45) is 5.92 Å². The first-order valence-corrected chi connectivity index (χ1v) is 9.46. The molecule has 1 fully saturated rings. The first-order chi connectivity index (χ1) is 12.2. The van der Waals surface area contributed by atoms with E-state index in [0.717, 1.165) is 28.9 Å². The quantitative estimate of drug-likeness (QED) is 0.683.